The molecule has 1 aromatic rings. The number of aryl methyl sites for hydroxylation is 2. The van der Waals surface area contributed by atoms with Crippen LogP contribution in [0.4, 0.5) is 0 Å². The van der Waals surface area contributed by atoms with Crippen LogP contribution < -0.4 is 5.32 Å². The number of carbonyl (C=O) groups is 1. The average molecular weight is 250 g/mol. The Hall–Kier alpha value is -1.36. The summed E-state index contributed by atoms with van der Waals surface area (Å²) in [5.41, 5.74) is 1.50. The quantitative estimate of drug-likeness (QED) is 0.865. The fourth-order valence-electron chi connectivity index (χ4n) is 2.42. The highest BCUT2D eigenvalue weighted by Crippen LogP contribution is 2.07. The smallest absolute Gasteiger partial charge is 0.269 e. The maximum Gasteiger partial charge on any atom is 0.269 e. The maximum atomic E-state index is 11.9. The lowest BCUT2D eigenvalue weighted by Crippen LogP contribution is -2.38. The van der Waals surface area contributed by atoms with Crippen molar-refractivity contribution in [2.24, 2.45) is 7.05 Å². The number of carbonyl (C=O) groups excluding carboxylic acids is 1. The van der Waals surface area contributed by atoms with Gasteiger partial charge < -0.3 is 10.2 Å². The molecule has 0 spiro atoms. The molecule has 0 unspecified atom stereocenters. The van der Waals surface area contributed by atoms with E-state index >= 15 is 0 Å². The molecule has 1 saturated heterocycles. The first kappa shape index (κ1) is 13.1. The Kier molecular flexibility index (Phi) is 4.36. The first-order valence-corrected chi connectivity index (χ1v) is 6.68. The third-order valence-electron chi connectivity index (χ3n) is 3.40. The van der Waals surface area contributed by atoms with Crippen LogP contribution in [0, 0.1) is 6.92 Å². The summed E-state index contributed by atoms with van der Waals surface area (Å²) < 4.78 is 1.63. The molecule has 1 aliphatic heterocycles. The number of aromatic nitrogens is 2. The summed E-state index contributed by atoms with van der Waals surface area (Å²) in [7, 11) is 1.80. The summed E-state index contributed by atoms with van der Waals surface area (Å²) >= 11 is 0. The highest BCUT2D eigenvalue weighted by Gasteiger charge is 2.13. The molecule has 1 aliphatic rings. The van der Waals surface area contributed by atoms with Crippen molar-refractivity contribution < 1.29 is 4.79 Å². The highest BCUT2D eigenvalue weighted by molar-refractivity contribution is 5.92. The molecule has 5 heteroatoms. The van der Waals surface area contributed by atoms with E-state index in [4.69, 9.17) is 0 Å². The molecule has 100 valence electrons. The van der Waals surface area contributed by atoms with E-state index in [1.807, 2.05) is 13.0 Å². The van der Waals surface area contributed by atoms with E-state index in [-0.39, 0.29) is 5.91 Å². The second-order valence-electron chi connectivity index (χ2n) is 4.95. The van der Waals surface area contributed by atoms with Crippen LogP contribution in [0.2, 0.25) is 0 Å². The molecule has 1 N–H and O–H groups in total. The summed E-state index contributed by atoms with van der Waals surface area (Å²) in [4.78, 5) is 14.3. The van der Waals surface area contributed by atoms with E-state index in [1.54, 1.807) is 11.7 Å². The van der Waals surface area contributed by atoms with Gasteiger partial charge in [-0.1, -0.05) is 6.42 Å². The van der Waals surface area contributed by atoms with Crippen LogP contribution in [0.3, 0.4) is 0 Å². The Bertz CT molecular complexity index is 407. The van der Waals surface area contributed by atoms with Crippen LogP contribution in [0.25, 0.3) is 0 Å². The van der Waals surface area contributed by atoms with Crippen LogP contribution in [0.5, 0.6) is 0 Å². The topological polar surface area (TPSA) is 50.2 Å². The van der Waals surface area contributed by atoms with Gasteiger partial charge in [0, 0.05) is 20.1 Å². The molecule has 2 heterocycles. The van der Waals surface area contributed by atoms with Crippen LogP contribution in [-0.4, -0.2) is 46.8 Å². The van der Waals surface area contributed by atoms with Crippen LogP contribution in [0.15, 0.2) is 6.07 Å². The number of nitrogens with zero attached hydrogens (tertiary/aromatic N) is 3. The van der Waals surface area contributed by atoms with Crippen molar-refractivity contribution in [2.45, 2.75) is 26.2 Å². The number of rotatable bonds is 4. The molecular formula is C13H22N4O. The van der Waals surface area contributed by atoms with Crippen molar-refractivity contribution in [3.8, 4) is 0 Å². The fourth-order valence-corrected chi connectivity index (χ4v) is 2.42. The Morgan fingerprint density at radius 2 is 2.11 bits per heavy atom. The van der Waals surface area contributed by atoms with Gasteiger partial charge in [-0.25, -0.2) is 0 Å². The lowest BCUT2D eigenvalue weighted by atomic mass is 10.1. The average Bonchev–Trinajstić information content (AvgIpc) is 2.70. The fraction of sp³-hybridized carbons (Fsp3) is 0.692. The molecule has 0 radical (unpaired) electrons. The summed E-state index contributed by atoms with van der Waals surface area (Å²) in [5, 5.41) is 7.13. The van der Waals surface area contributed by atoms with Gasteiger partial charge in [0.25, 0.3) is 5.91 Å². The number of piperidine rings is 1. The number of hydrogen-bond acceptors (Lipinski definition) is 3. The summed E-state index contributed by atoms with van der Waals surface area (Å²) in [6.07, 6.45) is 3.92. The Morgan fingerprint density at radius 3 is 2.72 bits per heavy atom. The minimum atomic E-state index is -0.0323. The van der Waals surface area contributed by atoms with Crippen LogP contribution >= 0.6 is 0 Å². The second kappa shape index (κ2) is 6.00. The molecule has 0 aliphatic carbocycles. The monoisotopic (exact) mass is 250 g/mol. The van der Waals surface area contributed by atoms with Crippen molar-refractivity contribution in [1.82, 2.24) is 20.0 Å². The van der Waals surface area contributed by atoms with Gasteiger partial charge in [-0.15, -0.1) is 0 Å². The largest absolute Gasteiger partial charge is 0.349 e. The molecule has 0 atom stereocenters. The minimum Gasteiger partial charge on any atom is -0.349 e. The van der Waals surface area contributed by atoms with E-state index < -0.39 is 0 Å². The molecule has 0 aromatic carbocycles. The summed E-state index contributed by atoms with van der Waals surface area (Å²) in [6.45, 7) is 5.89. The molecule has 1 aromatic heterocycles. The van der Waals surface area contributed by atoms with E-state index in [9.17, 15) is 4.79 Å². The molecule has 1 amide bonds. The first-order chi connectivity index (χ1) is 8.66. The zero-order valence-corrected chi connectivity index (χ0v) is 11.3. The Labute approximate surface area is 108 Å². The third-order valence-corrected chi connectivity index (χ3v) is 3.40. The zero-order chi connectivity index (χ0) is 13.0. The molecular weight excluding hydrogens is 228 g/mol. The van der Waals surface area contributed by atoms with Gasteiger partial charge >= 0.3 is 0 Å². The number of amides is 1. The molecule has 0 bridgehead atoms. The maximum absolute atomic E-state index is 11.9. The number of nitrogens with one attached hydrogen (secondary N) is 1. The molecule has 1 fully saturated rings. The summed E-state index contributed by atoms with van der Waals surface area (Å²) in [6, 6.07) is 1.82. The van der Waals surface area contributed by atoms with E-state index in [0.29, 0.717) is 12.2 Å². The van der Waals surface area contributed by atoms with Crippen LogP contribution in [-0.2, 0) is 7.05 Å². The predicted octanol–water partition coefficient (Wildman–Crippen LogP) is 0.944. The van der Waals surface area contributed by atoms with E-state index in [1.165, 1.54) is 32.4 Å². The third kappa shape index (κ3) is 3.32. The molecule has 0 saturated carbocycles. The van der Waals surface area contributed by atoms with Gasteiger partial charge in [-0.3, -0.25) is 9.48 Å². The van der Waals surface area contributed by atoms with Crippen molar-refractivity contribution >= 4 is 5.91 Å². The normalized spacial score (nSPS) is 16.8. The molecule has 18 heavy (non-hydrogen) atoms. The molecule has 2 rings (SSSR count). The summed E-state index contributed by atoms with van der Waals surface area (Å²) in [5.74, 6) is -0.0323. The SMILES string of the molecule is Cc1cc(C(=O)NCCN2CCCCC2)n(C)n1. The lowest BCUT2D eigenvalue weighted by Gasteiger charge is -2.26. The van der Waals surface area contributed by atoms with Gasteiger partial charge in [0.15, 0.2) is 0 Å². The molecule has 5 nitrogen and oxygen atoms in total. The van der Waals surface area contributed by atoms with E-state index in [2.05, 4.69) is 15.3 Å². The number of hydrogen-bond donors (Lipinski definition) is 1. The number of likely N-dealkylation sites (tertiary alicyclic amines) is 1. The van der Waals surface area contributed by atoms with Gasteiger partial charge in [0.05, 0.1) is 5.69 Å². The van der Waals surface area contributed by atoms with Crippen molar-refractivity contribution in [3.05, 3.63) is 17.5 Å². The van der Waals surface area contributed by atoms with Gasteiger partial charge in [0.1, 0.15) is 5.69 Å². The minimum absolute atomic E-state index is 0.0323. The lowest BCUT2D eigenvalue weighted by molar-refractivity contribution is 0.0937. The predicted molar refractivity (Wildman–Crippen MR) is 70.6 cm³/mol. The van der Waals surface area contributed by atoms with Gasteiger partial charge in [0.2, 0.25) is 0 Å². The van der Waals surface area contributed by atoms with Crippen molar-refractivity contribution in [1.29, 1.82) is 0 Å². The zero-order valence-electron chi connectivity index (χ0n) is 11.3. The standard InChI is InChI=1S/C13H22N4O/c1-11-10-12(16(2)15-11)13(18)14-6-9-17-7-4-3-5-8-17/h10H,3-9H2,1-2H3,(H,14,18). The van der Waals surface area contributed by atoms with Gasteiger partial charge in [-0.05, 0) is 38.9 Å². The van der Waals surface area contributed by atoms with Gasteiger partial charge in [-0.2, -0.15) is 5.10 Å². The van der Waals surface area contributed by atoms with Crippen molar-refractivity contribution in [3.63, 3.8) is 0 Å². The second-order valence-corrected chi connectivity index (χ2v) is 4.95. The first-order valence-electron chi connectivity index (χ1n) is 6.68. The highest BCUT2D eigenvalue weighted by atomic mass is 16.2. The van der Waals surface area contributed by atoms with E-state index in [0.717, 1.165) is 12.2 Å². The Morgan fingerprint density at radius 1 is 1.39 bits per heavy atom. The van der Waals surface area contributed by atoms with Crippen molar-refractivity contribution in [2.75, 3.05) is 26.2 Å². The Balaban J connectivity index is 1.76. The van der Waals surface area contributed by atoms with Crippen LogP contribution in [0.1, 0.15) is 35.4 Å².